The highest BCUT2D eigenvalue weighted by atomic mass is 35.5. The molecule has 1 aromatic rings. The third kappa shape index (κ3) is 3.42. The lowest BCUT2D eigenvalue weighted by Crippen LogP contribution is -2.41. The Bertz CT molecular complexity index is 471. The Balaban J connectivity index is 3.11. The van der Waals surface area contributed by atoms with Gasteiger partial charge in [0.2, 0.25) is 0 Å². The van der Waals surface area contributed by atoms with Gasteiger partial charge in [0.05, 0.1) is 12.8 Å². The molecule has 0 aromatic carbocycles. The van der Waals surface area contributed by atoms with Gasteiger partial charge in [0.15, 0.2) is 8.68 Å². The molecule has 0 unspecified atom stereocenters. The Labute approximate surface area is 116 Å². The maximum atomic E-state index is 12.4. The molecule has 0 saturated heterocycles. The predicted molar refractivity (Wildman–Crippen MR) is 72.5 cm³/mol. The van der Waals surface area contributed by atoms with Gasteiger partial charge in [0.1, 0.15) is 0 Å². The quantitative estimate of drug-likeness (QED) is 0.835. The Morgan fingerprint density at radius 3 is 2.50 bits per heavy atom. The number of hydrogen-bond acceptors (Lipinski definition) is 5. The highest BCUT2D eigenvalue weighted by molar-refractivity contribution is 7.91. The van der Waals surface area contributed by atoms with Crippen molar-refractivity contribution < 1.29 is 13.5 Å². The number of aliphatic hydroxyl groups is 1. The third-order valence-electron chi connectivity index (χ3n) is 2.69. The smallest absolute Gasteiger partial charge is 0.254 e. The molecule has 0 bridgehead atoms. The number of rotatable bonds is 7. The maximum Gasteiger partial charge on any atom is 0.254 e. The van der Waals surface area contributed by atoms with Gasteiger partial charge in [-0.05, 0) is 12.8 Å². The van der Waals surface area contributed by atoms with Gasteiger partial charge in [-0.1, -0.05) is 36.8 Å². The van der Waals surface area contributed by atoms with Gasteiger partial charge in [-0.3, -0.25) is 0 Å². The van der Waals surface area contributed by atoms with Gasteiger partial charge >= 0.3 is 0 Å². The molecule has 1 rings (SSSR count). The number of thiazole rings is 1. The van der Waals surface area contributed by atoms with Crippen LogP contribution in [0.15, 0.2) is 10.4 Å². The molecule has 8 heteroatoms. The third-order valence-corrected chi connectivity index (χ3v) is 6.19. The van der Waals surface area contributed by atoms with Crippen LogP contribution in [-0.4, -0.2) is 42.0 Å². The SMILES string of the molecule is CCC(CC)N(CCO)S(=O)(=O)c1cnc(Cl)s1. The van der Waals surface area contributed by atoms with E-state index in [1.165, 1.54) is 10.5 Å². The van der Waals surface area contributed by atoms with E-state index in [4.69, 9.17) is 16.7 Å². The number of aromatic nitrogens is 1. The van der Waals surface area contributed by atoms with E-state index in [1.54, 1.807) is 0 Å². The van der Waals surface area contributed by atoms with Gasteiger partial charge in [-0.15, -0.1) is 0 Å². The second-order valence-electron chi connectivity index (χ2n) is 3.74. The van der Waals surface area contributed by atoms with E-state index in [1.807, 2.05) is 13.8 Å². The molecule has 18 heavy (non-hydrogen) atoms. The molecule has 5 nitrogen and oxygen atoms in total. The number of hydrogen-bond donors (Lipinski definition) is 1. The van der Waals surface area contributed by atoms with E-state index in [0.717, 1.165) is 11.3 Å². The van der Waals surface area contributed by atoms with Gasteiger partial charge < -0.3 is 5.11 Å². The van der Waals surface area contributed by atoms with Crippen LogP contribution >= 0.6 is 22.9 Å². The summed E-state index contributed by atoms with van der Waals surface area (Å²) in [5, 5.41) is 9.05. The van der Waals surface area contributed by atoms with Crippen molar-refractivity contribution in [2.24, 2.45) is 0 Å². The molecule has 0 amide bonds. The first-order valence-corrected chi connectivity index (χ1v) is 8.34. The zero-order chi connectivity index (χ0) is 13.8. The summed E-state index contributed by atoms with van der Waals surface area (Å²) < 4.78 is 26.5. The molecule has 0 aliphatic rings. The first-order valence-electron chi connectivity index (χ1n) is 5.71. The van der Waals surface area contributed by atoms with E-state index < -0.39 is 10.0 Å². The standard InChI is InChI=1S/C10H17ClN2O3S2/c1-3-8(4-2)13(5-6-14)18(15,16)9-7-12-10(11)17-9/h7-8,14H,3-6H2,1-2H3. The summed E-state index contributed by atoms with van der Waals surface area (Å²) in [6.45, 7) is 3.73. The average Bonchev–Trinajstić information content (AvgIpc) is 2.77. The minimum Gasteiger partial charge on any atom is -0.395 e. The van der Waals surface area contributed by atoms with Gasteiger partial charge in [0, 0.05) is 12.6 Å². The van der Waals surface area contributed by atoms with Crippen molar-refractivity contribution in [1.82, 2.24) is 9.29 Å². The van der Waals surface area contributed by atoms with Crippen molar-refractivity contribution in [2.75, 3.05) is 13.2 Å². The summed E-state index contributed by atoms with van der Waals surface area (Å²) in [6.07, 6.45) is 2.65. The summed E-state index contributed by atoms with van der Waals surface area (Å²) in [5.41, 5.74) is 0. The lowest BCUT2D eigenvalue weighted by Gasteiger charge is -2.28. The lowest BCUT2D eigenvalue weighted by molar-refractivity contribution is 0.220. The van der Waals surface area contributed by atoms with Crippen molar-refractivity contribution in [3.8, 4) is 0 Å². The van der Waals surface area contributed by atoms with Gasteiger partial charge in [0.25, 0.3) is 10.0 Å². The van der Waals surface area contributed by atoms with Crippen molar-refractivity contribution in [1.29, 1.82) is 0 Å². The van der Waals surface area contributed by atoms with Crippen molar-refractivity contribution in [3.05, 3.63) is 10.7 Å². The lowest BCUT2D eigenvalue weighted by atomic mass is 10.2. The van der Waals surface area contributed by atoms with Crippen LogP contribution in [0.3, 0.4) is 0 Å². The zero-order valence-electron chi connectivity index (χ0n) is 10.3. The van der Waals surface area contributed by atoms with E-state index in [2.05, 4.69) is 4.98 Å². The normalized spacial score (nSPS) is 12.6. The average molecular weight is 313 g/mol. The molecular formula is C10H17ClN2O3S2. The van der Waals surface area contributed by atoms with E-state index in [0.29, 0.717) is 12.8 Å². The molecular weight excluding hydrogens is 296 g/mol. The molecule has 0 aliphatic carbocycles. The molecule has 104 valence electrons. The molecule has 1 aromatic heterocycles. The summed E-state index contributed by atoms with van der Waals surface area (Å²) >= 11 is 6.60. The Hall–Kier alpha value is -0.210. The molecule has 1 N–H and O–H groups in total. The molecule has 0 aliphatic heterocycles. The second kappa shape index (κ2) is 6.81. The monoisotopic (exact) mass is 312 g/mol. The van der Waals surface area contributed by atoms with E-state index >= 15 is 0 Å². The van der Waals surface area contributed by atoms with Crippen molar-refractivity contribution in [2.45, 2.75) is 36.9 Å². The fraction of sp³-hybridized carbons (Fsp3) is 0.700. The summed E-state index contributed by atoms with van der Waals surface area (Å²) in [4.78, 5) is 3.75. The van der Waals surface area contributed by atoms with Crippen LogP contribution in [0.1, 0.15) is 26.7 Å². The number of aliphatic hydroxyl groups excluding tert-OH is 1. The minimum atomic E-state index is -3.62. The molecule has 0 radical (unpaired) electrons. The highest BCUT2D eigenvalue weighted by Gasteiger charge is 2.30. The van der Waals surface area contributed by atoms with Crippen molar-refractivity contribution in [3.63, 3.8) is 0 Å². The molecule has 0 atom stereocenters. The molecule has 0 spiro atoms. The fourth-order valence-corrected chi connectivity index (χ4v) is 4.95. The zero-order valence-corrected chi connectivity index (χ0v) is 12.7. The minimum absolute atomic E-state index is 0.0875. The topological polar surface area (TPSA) is 70.5 Å². The summed E-state index contributed by atoms with van der Waals surface area (Å²) in [5.74, 6) is 0. The van der Waals surface area contributed by atoms with E-state index in [-0.39, 0.29) is 27.9 Å². The predicted octanol–water partition coefficient (Wildman–Crippen LogP) is 1.97. The van der Waals surface area contributed by atoms with Gasteiger partial charge in [-0.2, -0.15) is 4.31 Å². The van der Waals surface area contributed by atoms with E-state index in [9.17, 15) is 8.42 Å². The van der Waals surface area contributed by atoms with Crippen LogP contribution in [0.2, 0.25) is 4.47 Å². The van der Waals surface area contributed by atoms with Crippen LogP contribution in [-0.2, 0) is 10.0 Å². The van der Waals surface area contributed by atoms with Gasteiger partial charge in [-0.25, -0.2) is 13.4 Å². The first-order chi connectivity index (χ1) is 8.47. The first kappa shape index (κ1) is 15.8. The molecule has 1 heterocycles. The number of halogens is 1. The van der Waals surface area contributed by atoms with Crippen LogP contribution in [0, 0.1) is 0 Å². The second-order valence-corrected chi connectivity index (χ2v) is 7.47. The fourth-order valence-electron chi connectivity index (χ4n) is 1.77. The summed E-state index contributed by atoms with van der Waals surface area (Å²) in [7, 11) is -3.62. The van der Waals surface area contributed by atoms with Crippen LogP contribution < -0.4 is 0 Å². The van der Waals surface area contributed by atoms with Crippen molar-refractivity contribution >= 4 is 33.0 Å². The van der Waals surface area contributed by atoms with Crippen LogP contribution in [0.25, 0.3) is 0 Å². The Morgan fingerprint density at radius 2 is 2.11 bits per heavy atom. The highest BCUT2D eigenvalue weighted by Crippen LogP contribution is 2.27. The van der Waals surface area contributed by atoms with Crippen LogP contribution in [0.4, 0.5) is 0 Å². The number of nitrogens with zero attached hydrogens (tertiary/aromatic N) is 2. The summed E-state index contributed by atoms with van der Waals surface area (Å²) in [6, 6.07) is -0.122. The molecule has 0 saturated carbocycles. The Morgan fingerprint density at radius 1 is 1.50 bits per heavy atom. The largest absolute Gasteiger partial charge is 0.395 e. The molecule has 0 fully saturated rings. The van der Waals surface area contributed by atoms with Crippen LogP contribution in [0.5, 0.6) is 0 Å². The Kier molecular flexibility index (Phi) is 6.00. The number of sulfonamides is 1. The maximum absolute atomic E-state index is 12.4.